The Morgan fingerprint density at radius 1 is 1.08 bits per heavy atom. The molecule has 24 heavy (non-hydrogen) atoms. The Kier molecular flexibility index (Phi) is 6.64. The van der Waals surface area contributed by atoms with E-state index in [1.807, 2.05) is 38.1 Å². The molecule has 1 aliphatic carbocycles. The largest absolute Gasteiger partial charge is 0.495 e. The van der Waals surface area contributed by atoms with Crippen LogP contribution in [0.3, 0.4) is 0 Å². The molecule has 0 aliphatic heterocycles. The summed E-state index contributed by atoms with van der Waals surface area (Å²) in [7, 11) is 0. The van der Waals surface area contributed by atoms with Crippen molar-refractivity contribution in [2.24, 2.45) is 0 Å². The SMILES string of the molecule is CCOC1=CC(N(CC)Cc2ccccc2)=C(OCC)CC1=[N+]=[N-]. The smallest absolute Gasteiger partial charge is 0.341 e. The summed E-state index contributed by atoms with van der Waals surface area (Å²) in [6, 6.07) is 10.3. The molecule has 5 nitrogen and oxygen atoms in total. The van der Waals surface area contributed by atoms with Crippen LogP contribution in [-0.2, 0) is 16.0 Å². The summed E-state index contributed by atoms with van der Waals surface area (Å²) in [4.78, 5) is 5.62. The van der Waals surface area contributed by atoms with Crippen LogP contribution in [0.2, 0.25) is 0 Å². The van der Waals surface area contributed by atoms with Gasteiger partial charge in [-0.25, -0.2) is 0 Å². The van der Waals surface area contributed by atoms with Crippen molar-refractivity contribution in [1.29, 1.82) is 0 Å². The van der Waals surface area contributed by atoms with E-state index in [9.17, 15) is 5.53 Å². The van der Waals surface area contributed by atoms with E-state index in [4.69, 9.17) is 9.47 Å². The van der Waals surface area contributed by atoms with Crippen molar-refractivity contribution in [3.8, 4) is 0 Å². The summed E-state index contributed by atoms with van der Waals surface area (Å²) >= 11 is 0. The predicted molar refractivity (Wildman–Crippen MR) is 94.1 cm³/mol. The van der Waals surface area contributed by atoms with Gasteiger partial charge in [-0.05, 0) is 26.3 Å². The summed E-state index contributed by atoms with van der Waals surface area (Å²) in [5, 5.41) is 0. The molecule has 0 saturated heterocycles. The van der Waals surface area contributed by atoms with Crippen LogP contribution in [0.4, 0.5) is 0 Å². The quantitative estimate of drug-likeness (QED) is 0.540. The van der Waals surface area contributed by atoms with Crippen LogP contribution in [0.5, 0.6) is 0 Å². The number of likely N-dealkylation sites (N-methyl/N-ethyl adjacent to an activating group) is 1. The lowest BCUT2D eigenvalue weighted by Gasteiger charge is -2.28. The molecule has 0 N–H and O–H groups in total. The maximum Gasteiger partial charge on any atom is 0.341 e. The Morgan fingerprint density at radius 2 is 1.79 bits per heavy atom. The summed E-state index contributed by atoms with van der Waals surface area (Å²) < 4.78 is 11.5. The van der Waals surface area contributed by atoms with Gasteiger partial charge in [0.1, 0.15) is 12.2 Å². The molecule has 0 aromatic heterocycles. The minimum atomic E-state index is 0.427. The van der Waals surface area contributed by atoms with Crippen molar-refractivity contribution in [1.82, 2.24) is 4.90 Å². The second kappa shape index (κ2) is 8.94. The lowest BCUT2D eigenvalue weighted by atomic mass is 10.0. The van der Waals surface area contributed by atoms with E-state index in [2.05, 4.69) is 28.7 Å². The molecule has 0 fully saturated rings. The highest BCUT2D eigenvalue weighted by atomic mass is 16.5. The van der Waals surface area contributed by atoms with E-state index in [0.29, 0.717) is 31.1 Å². The number of hydrogen-bond acceptors (Lipinski definition) is 3. The molecular formula is C19H25N3O2. The Bertz CT molecular complexity index is 658. The lowest BCUT2D eigenvalue weighted by molar-refractivity contribution is -0.0137. The second-order valence-corrected chi connectivity index (χ2v) is 5.41. The monoisotopic (exact) mass is 327 g/mol. The first kappa shape index (κ1) is 17.8. The molecule has 0 bridgehead atoms. The zero-order valence-electron chi connectivity index (χ0n) is 14.7. The second-order valence-electron chi connectivity index (χ2n) is 5.41. The molecule has 0 heterocycles. The van der Waals surface area contributed by atoms with Crippen molar-refractivity contribution >= 4 is 5.71 Å². The molecule has 0 radical (unpaired) electrons. The van der Waals surface area contributed by atoms with E-state index in [1.54, 1.807) is 0 Å². The first-order valence-corrected chi connectivity index (χ1v) is 8.44. The maximum atomic E-state index is 9.27. The molecule has 0 spiro atoms. The first-order valence-electron chi connectivity index (χ1n) is 8.44. The number of benzene rings is 1. The molecule has 5 heteroatoms. The third-order valence-electron chi connectivity index (χ3n) is 3.84. The van der Waals surface area contributed by atoms with E-state index < -0.39 is 0 Å². The Morgan fingerprint density at radius 3 is 2.38 bits per heavy atom. The van der Waals surface area contributed by atoms with Gasteiger partial charge in [-0.3, -0.25) is 0 Å². The van der Waals surface area contributed by atoms with Crippen LogP contribution in [-0.4, -0.2) is 35.2 Å². The van der Waals surface area contributed by atoms with Crippen molar-refractivity contribution in [3.05, 3.63) is 64.7 Å². The third kappa shape index (κ3) is 4.27. The molecular weight excluding hydrogens is 302 g/mol. The van der Waals surface area contributed by atoms with Gasteiger partial charge in [0, 0.05) is 19.2 Å². The topological polar surface area (TPSA) is 58.1 Å². The van der Waals surface area contributed by atoms with Gasteiger partial charge >= 0.3 is 5.71 Å². The molecule has 128 valence electrons. The van der Waals surface area contributed by atoms with Crippen molar-refractivity contribution in [2.45, 2.75) is 33.7 Å². The van der Waals surface area contributed by atoms with Crippen molar-refractivity contribution in [3.63, 3.8) is 0 Å². The fourth-order valence-corrected chi connectivity index (χ4v) is 2.72. The zero-order chi connectivity index (χ0) is 17.4. The highest BCUT2D eigenvalue weighted by Gasteiger charge is 2.29. The van der Waals surface area contributed by atoms with Gasteiger partial charge in [-0.1, -0.05) is 30.3 Å². The number of hydrogen-bond donors (Lipinski definition) is 0. The maximum absolute atomic E-state index is 9.27. The minimum Gasteiger partial charge on any atom is -0.495 e. The van der Waals surface area contributed by atoms with Crippen LogP contribution in [0.1, 0.15) is 32.8 Å². The van der Waals surface area contributed by atoms with Crippen LogP contribution < -0.4 is 0 Å². The summed E-state index contributed by atoms with van der Waals surface area (Å²) in [5.74, 6) is 1.41. The molecule has 1 aromatic carbocycles. The molecule has 2 rings (SSSR count). The number of allylic oxidation sites excluding steroid dienone is 3. The van der Waals surface area contributed by atoms with E-state index >= 15 is 0 Å². The van der Waals surface area contributed by atoms with Crippen LogP contribution in [0.25, 0.3) is 5.53 Å². The van der Waals surface area contributed by atoms with Crippen molar-refractivity contribution in [2.75, 3.05) is 19.8 Å². The average molecular weight is 327 g/mol. The minimum absolute atomic E-state index is 0.427. The molecule has 1 aliphatic rings. The average Bonchev–Trinajstić information content (AvgIpc) is 2.62. The Hall–Kier alpha value is -2.52. The predicted octanol–water partition coefficient (Wildman–Crippen LogP) is 3.75. The molecule has 1 aromatic rings. The summed E-state index contributed by atoms with van der Waals surface area (Å²) in [6.45, 7) is 8.69. The standard InChI is InChI=1S/C19H25N3O2/c1-4-22(14-15-10-8-7-9-11-15)17-13-18(23-5-2)16(21-20)12-19(17)24-6-3/h7-11,13H,4-6,12,14H2,1-3H3. The number of nitrogens with zero attached hydrogens (tertiary/aromatic N) is 3. The first-order chi connectivity index (χ1) is 11.7. The van der Waals surface area contributed by atoms with Crippen LogP contribution in [0.15, 0.2) is 53.6 Å². The van der Waals surface area contributed by atoms with Gasteiger partial charge in [0.25, 0.3) is 0 Å². The molecule has 0 amide bonds. The van der Waals surface area contributed by atoms with Gasteiger partial charge in [0.2, 0.25) is 5.76 Å². The Balaban J connectivity index is 2.37. The van der Waals surface area contributed by atoms with E-state index in [1.165, 1.54) is 5.56 Å². The van der Waals surface area contributed by atoms with Gasteiger partial charge < -0.3 is 19.9 Å². The normalized spacial score (nSPS) is 14.1. The summed E-state index contributed by atoms with van der Waals surface area (Å²) in [5.41, 5.74) is 12.0. The van der Waals surface area contributed by atoms with Crippen LogP contribution in [0, 0.1) is 0 Å². The van der Waals surface area contributed by atoms with Gasteiger partial charge in [0.05, 0.1) is 18.9 Å². The fourth-order valence-electron chi connectivity index (χ4n) is 2.72. The van der Waals surface area contributed by atoms with Gasteiger partial charge in [-0.2, -0.15) is 4.79 Å². The highest BCUT2D eigenvalue weighted by Crippen LogP contribution is 2.27. The van der Waals surface area contributed by atoms with Gasteiger partial charge in [0.15, 0.2) is 0 Å². The van der Waals surface area contributed by atoms with E-state index in [-0.39, 0.29) is 0 Å². The van der Waals surface area contributed by atoms with Crippen LogP contribution >= 0.6 is 0 Å². The molecule has 0 saturated carbocycles. The van der Waals surface area contributed by atoms with Crippen molar-refractivity contribution < 1.29 is 14.3 Å². The number of rotatable bonds is 8. The van der Waals surface area contributed by atoms with Gasteiger partial charge in [-0.15, -0.1) is 0 Å². The Labute approximate surface area is 143 Å². The molecule has 0 atom stereocenters. The fraction of sp³-hybridized carbons (Fsp3) is 0.421. The third-order valence-corrected chi connectivity index (χ3v) is 3.84. The summed E-state index contributed by atoms with van der Waals surface area (Å²) in [6.07, 6.45) is 2.34. The lowest BCUT2D eigenvalue weighted by Crippen LogP contribution is -2.27. The number of ether oxygens (including phenoxy) is 2. The van der Waals surface area contributed by atoms with E-state index in [0.717, 1.165) is 24.5 Å². The zero-order valence-corrected chi connectivity index (χ0v) is 14.7. The molecule has 0 unspecified atom stereocenters. The highest BCUT2D eigenvalue weighted by molar-refractivity contribution is 5.97.